The molecule has 3 aromatic carbocycles. The van der Waals surface area contributed by atoms with E-state index in [-0.39, 0.29) is 99.3 Å². The minimum absolute atomic E-state index is 0. The fourth-order valence-corrected chi connectivity index (χ4v) is 4.10. The summed E-state index contributed by atoms with van der Waals surface area (Å²) in [5, 5.41) is 8.17. The first-order chi connectivity index (χ1) is 16.6. The smallest absolute Gasteiger partial charge is 0.744 e. The molecule has 0 saturated carbocycles. The predicted octanol–water partition coefficient (Wildman–Crippen LogP) is -7.09. The summed E-state index contributed by atoms with van der Waals surface area (Å²) in [6.07, 6.45) is 0. The van der Waals surface area contributed by atoms with Gasteiger partial charge in [-0.3, -0.25) is 0 Å². The van der Waals surface area contributed by atoms with E-state index in [1.807, 2.05) is 37.4 Å². The summed E-state index contributed by atoms with van der Waals surface area (Å²) in [4.78, 5) is -1.42. The second-order valence-corrected chi connectivity index (χ2v) is 10.8. The third-order valence-electron chi connectivity index (χ3n) is 4.27. The molecule has 0 aliphatic heterocycles. The first-order valence-electron chi connectivity index (χ1n) is 9.83. The van der Waals surface area contributed by atoms with E-state index in [4.69, 9.17) is 0 Å². The van der Waals surface area contributed by atoms with Crippen molar-refractivity contribution in [3.8, 4) is 0 Å². The molecule has 0 heterocycles. The van der Waals surface area contributed by atoms with Gasteiger partial charge in [-0.15, -0.1) is 0 Å². The molecule has 3 rings (SSSR count). The van der Waals surface area contributed by atoms with Crippen molar-refractivity contribution in [1.29, 1.82) is 0 Å². The minimum atomic E-state index is -4.72. The number of rotatable bonds is 6. The van der Waals surface area contributed by atoms with Gasteiger partial charge in [0.25, 0.3) is 0 Å². The van der Waals surface area contributed by atoms with E-state index in [2.05, 4.69) is 16.0 Å². The molecule has 0 radical (unpaired) electrons. The third kappa shape index (κ3) is 16.1. The molecule has 0 aliphatic carbocycles. The van der Waals surface area contributed by atoms with Gasteiger partial charge in [0.1, 0.15) is 30.4 Å². The van der Waals surface area contributed by atoms with Crippen molar-refractivity contribution in [3.05, 3.63) is 72.8 Å². The van der Waals surface area contributed by atoms with Gasteiger partial charge in [0.15, 0.2) is 0 Å². The molecule has 0 saturated heterocycles. The van der Waals surface area contributed by atoms with Crippen LogP contribution in [0, 0.1) is 0 Å². The van der Waals surface area contributed by atoms with Crippen LogP contribution in [0.15, 0.2) is 87.5 Å². The Balaban J connectivity index is -0.000000503. The Labute approximate surface area is 295 Å². The van der Waals surface area contributed by atoms with Crippen molar-refractivity contribution in [2.45, 2.75) is 14.7 Å². The van der Waals surface area contributed by atoms with Crippen molar-refractivity contribution in [2.75, 3.05) is 37.1 Å². The van der Waals surface area contributed by atoms with Gasteiger partial charge in [0, 0.05) is 32.5 Å². The van der Waals surface area contributed by atoms with Gasteiger partial charge in [0.2, 0.25) is 0 Å². The SMILES string of the molecule is CNc1cc(S(=O)(=O)[O-])ccc1S(=O)(=O)[O-].CNc1ccc(S(=O)(=O)[O-])cc1.CNc1ccccc1.[Na+].[Na+].[Na+]. The second-order valence-electron chi connectivity index (χ2n) is 6.66. The van der Waals surface area contributed by atoms with Crippen LogP contribution >= 0.6 is 0 Å². The summed E-state index contributed by atoms with van der Waals surface area (Å²) in [5.41, 5.74) is 1.70. The van der Waals surface area contributed by atoms with Crippen molar-refractivity contribution >= 4 is 47.4 Å². The van der Waals surface area contributed by atoms with E-state index in [0.717, 1.165) is 29.6 Å². The Bertz CT molecular complexity index is 1460. The maximum atomic E-state index is 10.8. The van der Waals surface area contributed by atoms with Gasteiger partial charge in [-0.1, -0.05) is 18.2 Å². The Kier molecular flexibility index (Phi) is 22.0. The first kappa shape index (κ1) is 43.2. The topological polar surface area (TPSA) is 208 Å². The van der Waals surface area contributed by atoms with Crippen molar-refractivity contribution in [3.63, 3.8) is 0 Å². The number of para-hydroxylation sites is 1. The summed E-state index contributed by atoms with van der Waals surface area (Å²) >= 11 is 0. The Morgan fingerprint density at radius 1 is 0.513 bits per heavy atom. The Morgan fingerprint density at radius 2 is 0.923 bits per heavy atom. The number of benzene rings is 3. The number of nitrogens with one attached hydrogen (secondary N) is 3. The van der Waals surface area contributed by atoms with E-state index < -0.39 is 40.1 Å². The maximum absolute atomic E-state index is 10.8. The summed E-state index contributed by atoms with van der Waals surface area (Å²) in [6, 6.07) is 18.0. The van der Waals surface area contributed by atoms with E-state index in [1.54, 1.807) is 7.05 Å². The molecule has 3 N–H and O–H groups in total. The number of hydrogen-bond donors (Lipinski definition) is 3. The van der Waals surface area contributed by atoms with Crippen molar-refractivity contribution in [2.24, 2.45) is 0 Å². The normalized spacial score (nSPS) is 10.3. The van der Waals surface area contributed by atoms with Gasteiger partial charge in [-0.25, -0.2) is 25.3 Å². The molecule has 12 nitrogen and oxygen atoms in total. The second kappa shape index (κ2) is 19.8. The molecule has 39 heavy (non-hydrogen) atoms. The zero-order valence-corrected chi connectivity index (χ0v) is 30.8. The van der Waals surface area contributed by atoms with Gasteiger partial charge < -0.3 is 29.6 Å². The van der Waals surface area contributed by atoms with E-state index in [0.29, 0.717) is 0 Å². The molecule has 0 amide bonds. The van der Waals surface area contributed by atoms with E-state index in [9.17, 15) is 38.9 Å². The van der Waals surface area contributed by atoms with Crippen LogP contribution in [0.25, 0.3) is 0 Å². The molecule has 0 unspecified atom stereocenters. The van der Waals surface area contributed by atoms with Gasteiger partial charge in [-0.05, 0) is 54.6 Å². The molecule has 3 aromatic rings. The quantitative estimate of drug-likeness (QED) is 0.172. The largest absolute Gasteiger partial charge is 1.00 e. The van der Waals surface area contributed by atoms with E-state index in [1.165, 1.54) is 31.3 Å². The predicted molar refractivity (Wildman–Crippen MR) is 132 cm³/mol. The van der Waals surface area contributed by atoms with Gasteiger partial charge in [-0.2, -0.15) is 0 Å². The summed E-state index contributed by atoms with van der Waals surface area (Å²) in [5.74, 6) is 0. The molecule has 0 atom stereocenters. The molecule has 0 spiro atoms. The Morgan fingerprint density at radius 3 is 1.26 bits per heavy atom. The van der Waals surface area contributed by atoms with Crippen LogP contribution in [0.1, 0.15) is 0 Å². The minimum Gasteiger partial charge on any atom is -0.744 e. The fraction of sp³-hybridized carbons (Fsp3) is 0.143. The molecule has 0 fully saturated rings. The molecular formula is C21H24N3Na3O9S3. The molecule has 0 aliphatic rings. The number of anilines is 3. The monoisotopic (exact) mass is 627 g/mol. The summed E-state index contributed by atoms with van der Waals surface area (Å²) in [7, 11) is -8.79. The molecule has 18 heteroatoms. The van der Waals surface area contributed by atoms with Gasteiger partial charge in [0.05, 0.1) is 20.4 Å². The van der Waals surface area contributed by atoms with Crippen molar-refractivity contribution < 1.29 is 128 Å². The van der Waals surface area contributed by atoms with Crippen LogP contribution < -0.4 is 105 Å². The molecule has 198 valence electrons. The van der Waals surface area contributed by atoms with Crippen molar-refractivity contribution in [1.82, 2.24) is 0 Å². The number of hydrogen-bond acceptors (Lipinski definition) is 12. The van der Waals surface area contributed by atoms with Crippen LogP contribution in [0.2, 0.25) is 0 Å². The molecule has 0 bridgehead atoms. The summed E-state index contributed by atoms with van der Waals surface area (Å²) in [6.45, 7) is 0. The standard InChI is InChI=1S/C7H9NO6S2.C7H9NO3S.C7H9N.3Na/c1-8-6-4-5(15(9,10)11)2-3-7(6)16(12,13)14;1-8-6-2-4-7(5-3-6)12(9,10)11;1-8-7-5-3-2-4-6-7;;;/h2-4,8H,1H3,(H,9,10,11)(H,12,13,14);2-5,8H,1H3,(H,9,10,11);2-6,8H,1H3;;;/q;;;3*+1/p-3. The summed E-state index contributed by atoms with van der Waals surface area (Å²) < 4.78 is 95.6. The zero-order chi connectivity index (χ0) is 27.6. The van der Waals surface area contributed by atoms with Crippen LogP contribution in [0.4, 0.5) is 17.1 Å². The fourth-order valence-electron chi connectivity index (χ4n) is 2.47. The maximum Gasteiger partial charge on any atom is 1.00 e. The molecular weight excluding hydrogens is 603 g/mol. The zero-order valence-electron chi connectivity index (χ0n) is 22.3. The van der Waals surface area contributed by atoms with E-state index >= 15 is 0 Å². The van der Waals surface area contributed by atoms with Crippen LogP contribution in [-0.4, -0.2) is 60.1 Å². The van der Waals surface area contributed by atoms with Crippen LogP contribution in [0.5, 0.6) is 0 Å². The van der Waals surface area contributed by atoms with Crippen LogP contribution in [0.3, 0.4) is 0 Å². The van der Waals surface area contributed by atoms with Gasteiger partial charge >= 0.3 is 88.7 Å². The molecule has 0 aromatic heterocycles. The average Bonchev–Trinajstić information content (AvgIpc) is 2.83. The van der Waals surface area contributed by atoms with Crippen LogP contribution in [-0.2, 0) is 30.4 Å². The third-order valence-corrected chi connectivity index (χ3v) is 6.85. The first-order valence-corrected chi connectivity index (χ1v) is 14.1. The average molecular weight is 628 g/mol. The Hall–Kier alpha value is -0.210.